The number of carbonyl (C=O) groups excluding carboxylic acids is 1. The van der Waals surface area contributed by atoms with E-state index >= 15 is 0 Å². The molecular weight excluding hydrogens is 308 g/mol. The first kappa shape index (κ1) is 15.9. The minimum atomic E-state index is 0.320. The Balaban J connectivity index is 1.34. The Morgan fingerprint density at radius 2 is 1.76 bits per heavy atom. The molecule has 0 bridgehead atoms. The van der Waals surface area contributed by atoms with E-state index in [-0.39, 0.29) is 0 Å². The molecule has 2 aliphatic heterocycles. The van der Waals surface area contributed by atoms with Crippen molar-refractivity contribution in [2.24, 2.45) is 5.92 Å². The molecule has 3 heteroatoms. The summed E-state index contributed by atoms with van der Waals surface area (Å²) in [4.78, 5) is 17.4. The largest absolute Gasteiger partial charge is 0.343 e. The first-order valence-corrected chi connectivity index (χ1v) is 10.4. The van der Waals surface area contributed by atoms with Crippen LogP contribution in [0, 0.1) is 5.92 Å². The lowest BCUT2D eigenvalue weighted by molar-refractivity contribution is -0.133. The smallest absolute Gasteiger partial charge is 0.222 e. The maximum absolute atomic E-state index is 12.5. The topological polar surface area (TPSA) is 23.6 Å². The highest BCUT2D eigenvalue weighted by Gasteiger charge is 2.47. The van der Waals surface area contributed by atoms with Gasteiger partial charge in [-0.05, 0) is 75.1 Å². The molecule has 0 aromatic heterocycles. The summed E-state index contributed by atoms with van der Waals surface area (Å²) in [5, 5.41) is 0. The number of likely N-dealkylation sites (tertiary alicyclic amines) is 2. The Morgan fingerprint density at radius 3 is 2.48 bits per heavy atom. The van der Waals surface area contributed by atoms with Crippen LogP contribution >= 0.6 is 0 Å². The van der Waals surface area contributed by atoms with Gasteiger partial charge in [-0.15, -0.1) is 0 Å². The van der Waals surface area contributed by atoms with Gasteiger partial charge in [-0.3, -0.25) is 9.69 Å². The quantitative estimate of drug-likeness (QED) is 0.835. The third-order valence-electron chi connectivity index (χ3n) is 7.29. The Kier molecular flexibility index (Phi) is 3.89. The zero-order valence-electron chi connectivity index (χ0n) is 15.3. The molecule has 1 aromatic rings. The zero-order valence-corrected chi connectivity index (χ0v) is 15.3. The summed E-state index contributed by atoms with van der Waals surface area (Å²) in [5.74, 6) is 1.12. The maximum Gasteiger partial charge on any atom is 0.222 e. The fourth-order valence-corrected chi connectivity index (χ4v) is 5.60. The van der Waals surface area contributed by atoms with E-state index in [1.54, 1.807) is 11.1 Å². The molecule has 3 fully saturated rings. The molecule has 0 radical (unpaired) electrons. The molecular formula is C22H30N2O. The Hall–Kier alpha value is -1.35. The molecule has 25 heavy (non-hydrogen) atoms. The van der Waals surface area contributed by atoms with Crippen molar-refractivity contribution in [1.82, 2.24) is 9.80 Å². The van der Waals surface area contributed by atoms with E-state index < -0.39 is 0 Å². The van der Waals surface area contributed by atoms with Crippen LogP contribution in [0.1, 0.15) is 68.5 Å². The van der Waals surface area contributed by atoms with Crippen molar-refractivity contribution in [2.75, 3.05) is 26.2 Å². The van der Waals surface area contributed by atoms with Crippen molar-refractivity contribution in [3.05, 3.63) is 35.4 Å². The zero-order chi connectivity index (χ0) is 16.9. The number of piperidine rings is 1. The molecule has 134 valence electrons. The van der Waals surface area contributed by atoms with Gasteiger partial charge in [-0.2, -0.15) is 0 Å². The van der Waals surface area contributed by atoms with Crippen LogP contribution in [0.15, 0.2) is 24.3 Å². The van der Waals surface area contributed by atoms with Gasteiger partial charge in [0.1, 0.15) is 0 Å². The standard InChI is InChI=1S/C22H30N2O/c25-21(15-17-7-8-17)24-13-9-22(10-14-24)16-20(23-11-3-4-12-23)18-5-1-2-6-19(18)22/h1-2,5-6,17,20H,3-4,7-16H2. The van der Waals surface area contributed by atoms with Gasteiger partial charge in [0.2, 0.25) is 5.91 Å². The maximum atomic E-state index is 12.5. The minimum Gasteiger partial charge on any atom is -0.343 e. The van der Waals surface area contributed by atoms with Crippen LogP contribution in [-0.4, -0.2) is 41.9 Å². The van der Waals surface area contributed by atoms with Crippen molar-refractivity contribution >= 4 is 5.91 Å². The number of hydrogen-bond acceptors (Lipinski definition) is 2. The van der Waals surface area contributed by atoms with E-state index in [1.165, 1.54) is 45.2 Å². The van der Waals surface area contributed by atoms with Crippen molar-refractivity contribution in [3.63, 3.8) is 0 Å². The van der Waals surface area contributed by atoms with Gasteiger partial charge in [0.05, 0.1) is 0 Å². The van der Waals surface area contributed by atoms with Crippen molar-refractivity contribution < 1.29 is 4.79 Å². The SMILES string of the molecule is O=C(CC1CC1)N1CCC2(CC1)CC(N1CCCC1)c1ccccc12. The average Bonchev–Trinajstić information content (AvgIpc) is 3.19. The molecule has 1 saturated carbocycles. The first-order chi connectivity index (χ1) is 12.3. The van der Waals surface area contributed by atoms with Crippen molar-refractivity contribution in [3.8, 4) is 0 Å². The average molecular weight is 338 g/mol. The predicted octanol–water partition coefficient (Wildman–Crippen LogP) is 3.89. The molecule has 0 N–H and O–H groups in total. The molecule has 3 nitrogen and oxygen atoms in total. The Morgan fingerprint density at radius 1 is 1.04 bits per heavy atom. The number of benzene rings is 1. The molecule has 1 atom stereocenters. The normalized spacial score (nSPS) is 28.5. The predicted molar refractivity (Wildman–Crippen MR) is 99.4 cm³/mol. The molecule has 1 amide bonds. The summed E-state index contributed by atoms with van der Waals surface area (Å²) in [6, 6.07) is 9.81. The van der Waals surface area contributed by atoms with E-state index in [4.69, 9.17) is 0 Å². The second-order valence-electron chi connectivity index (χ2n) is 8.86. The number of rotatable bonds is 3. The van der Waals surface area contributed by atoms with Crippen LogP contribution in [0.3, 0.4) is 0 Å². The number of carbonyl (C=O) groups is 1. The molecule has 2 aliphatic carbocycles. The molecule has 1 spiro atoms. The van der Waals surface area contributed by atoms with Crippen LogP contribution in [0.4, 0.5) is 0 Å². The van der Waals surface area contributed by atoms with Crippen molar-refractivity contribution in [2.45, 2.75) is 62.8 Å². The molecule has 5 rings (SSSR count). The second-order valence-corrected chi connectivity index (χ2v) is 8.86. The van der Waals surface area contributed by atoms with E-state index in [2.05, 4.69) is 34.1 Å². The Bertz CT molecular complexity index is 652. The van der Waals surface area contributed by atoms with Gasteiger partial charge in [0.25, 0.3) is 0 Å². The van der Waals surface area contributed by atoms with E-state index in [9.17, 15) is 4.79 Å². The van der Waals surface area contributed by atoms with E-state index in [0.717, 1.165) is 32.4 Å². The van der Waals surface area contributed by atoms with Gasteiger partial charge in [-0.25, -0.2) is 0 Å². The Labute approximate surface area is 151 Å². The molecule has 1 aromatic carbocycles. The first-order valence-electron chi connectivity index (χ1n) is 10.4. The molecule has 4 aliphatic rings. The van der Waals surface area contributed by atoms with Gasteiger partial charge in [0, 0.05) is 31.0 Å². The molecule has 2 saturated heterocycles. The van der Waals surface area contributed by atoms with Crippen LogP contribution in [0.5, 0.6) is 0 Å². The van der Waals surface area contributed by atoms with Crippen LogP contribution in [-0.2, 0) is 10.2 Å². The summed E-state index contributed by atoms with van der Waals surface area (Å²) >= 11 is 0. The van der Waals surface area contributed by atoms with Crippen LogP contribution < -0.4 is 0 Å². The van der Waals surface area contributed by atoms with Crippen LogP contribution in [0.2, 0.25) is 0 Å². The van der Waals surface area contributed by atoms with Gasteiger partial charge in [-0.1, -0.05) is 24.3 Å². The second kappa shape index (κ2) is 6.12. The fraction of sp³-hybridized carbons (Fsp3) is 0.682. The lowest BCUT2D eigenvalue weighted by Gasteiger charge is -2.41. The van der Waals surface area contributed by atoms with Crippen LogP contribution in [0.25, 0.3) is 0 Å². The lowest BCUT2D eigenvalue weighted by Crippen LogP contribution is -2.44. The van der Waals surface area contributed by atoms with Gasteiger partial charge < -0.3 is 4.90 Å². The molecule has 2 heterocycles. The van der Waals surface area contributed by atoms with E-state index in [0.29, 0.717) is 23.3 Å². The lowest BCUT2D eigenvalue weighted by atomic mass is 9.73. The van der Waals surface area contributed by atoms with Crippen molar-refractivity contribution in [1.29, 1.82) is 0 Å². The third-order valence-corrected chi connectivity index (χ3v) is 7.29. The number of fused-ring (bicyclic) bond motifs is 2. The number of amides is 1. The minimum absolute atomic E-state index is 0.320. The highest BCUT2D eigenvalue weighted by Crippen LogP contribution is 2.53. The van der Waals surface area contributed by atoms with Gasteiger partial charge in [0.15, 0.2) is 0 Å². The molecule has 1 unspecified atom stereocenters. The summed E-state index contributed by atoms with van der Waals surface area (Å²) in [7, 11) is 0. The monoisotopic (exact) mass is 338 g/mol. The summed E-state index contributed by atoms with van der Waals surface area (Å²) in [5.41, 5.74) is 3.50. The number of hydrogen-bond donors (Lipinski definition) is 0. The summed E-state index contributed by atoms with van der Waals surface area (Å²) in [6.07, 6.45) is 9.65. The highest BCUT2D eigenvalue weighted by atomic mass is 16.2. The highest BCUT2D eigenvalue weighted by molar-refractivity contribution is 5.77. The summed E-state index contributed by atoms with van der Waals surface area (Å²) < 4.78 is 0. The van der Waals surface area contributed by atoms with E-state index in [1.807, 2.05) is 0 Å². The fourth-order valence-electron chi connectivity index (χ4n) is 5.60. The third kappa shape index (κ3) is 2.81. The summed E-state index contributed by atoms with van der Waals surface area (Å²) in [6.45, 7) is 4.46. The number of nitrogens with zero attached hydrogens (tertiary/aromatic N) is 2. The van der Waals surface area contributed by atoms with Gasteiger partial charge >= 0.3 is 0 Å².